The van der Waals surface area contributed by atoms with E-state index < -0.39 is 12.1 Å². The maximum absolute atomic E-state index is 12.8. The molecule has 5 rings (SSSR count). The summed E-state index contributed by atoms with van der Waals surface area (Å²) in [6.07, 6.45) is 2.92. The Morgan fingerprint density at radius 2 is 1.84 bits per heavy atom. The number of aliphatic carboxylic acids is 1. The highest BCUT2D eigenvalue weighted by atomic mass is 16.6. The Morgan fingerprint density at radius 1 is 1.12 bits per heavy atom. The van der Waals surface area contributed by atoms with E-state index in [9.17, 15) is 9.59 Å². The molecule has 0 spiro atoms. The van der Waals surface area contributed by atoms with Crippen LogP contribution in [0.2, 0.25) is 0 Å². The number of carbonyl (C=O) groups excluding carboxylic acids is 1. The maximum Gasteiger partial charge on any atom is 0.411 e. The zero-order valence-corrected chi connectivity index (χ0v) is 18.1. The molecule has 0 radical (unpaired) electrons. The van der Waals surface area contributed by atoms with E-state index in [1.54, 1.807) is 0 Å². The number of likely N-dealkylation sites (N-methyl/N-ethyl adjacent to an activating group) is 1. The summed E-state index contributed by atoms with van der Waals surface area (Å²) in [4.78, 5) is 26.0. The second kappa shape index (κ2) is 8.56. The van der Waals surface area contributed by atoms with Crippen LogP contribution in [-0.4, -0.2) is 59.5 Å². The van der Waals surface area contributed by atoms with Crippen LogP contribution < -0.4 is 5.32 Å². The fraction of sp³-hybridized carbons (Fsp3) is 0.440. The van der Waals surface area contributed by atoms with E-state index in [0.717, 1.165) is 29.5 Å². The average Bonchev–Trinajstić information content (AvgIpc) is 3.53. The minimum atomic E-state index is -0.803. The first-order chi connectivity index (χ1) is 15.5. The number of ether oxygens (including phenoxy) is 2. The summed E-state index contributed by atoms with van der Waals surface area (Å²) < 4.78 is 11.6. The van der Waals surface area contributed by atoms with Crippen LogP contribution in [0.5, 0.6) is 0 Å². The number of epoxide rings is 1. The molecule has 7 nitrogen and oxygen atoms in total. The highest BCUT2D eigenvalue weighted by Crippen LogP contribution is 2.48. The summed E-state index contributed by atoms with van der Waals surface area (Å²) >= 11 is 0. The van der Waals surface area contributed by atoms with Crippen molar-refractivity contribution in [1.29, 1.82) is 0 Å². The second-order valence-electron chi connectivity index (χ2n) is 8.98. The number of carbonyl (C=O) groups is 2. The molecule has 0 aliphatic carbocycles. The van der Waals surface area contributed by atoms with Crippen molar-refractivity contribution in [2.24, 2.45) is 0 Å². The van der Waals surface area contributed by atoms with Gasteiger partial charge in [-0.3, -0.25) is 15.0 Å². The Kier molecular flexibility index (Phi) is 5.61. The van der Waals surface area contributed by atoms with Crippen molar-refractivity contribution in [3.8, 4) is 11.1 Å². The van der Waals surface area contributed by atoms with Gasteiger partial charge in [0.05, 0.1) is 5.69 Å². The molecule has 32 heavy (non-hydrogen) atoms. The molecule has 2 aromatic rings. The molecule has 0 unspecified atom stereocenters. The molecule has 3 aliphatic heterocycles. The molecule has 2 N–H and O–H groups in total. The number of piperidine rings is 1. The molecule has 0 saturated carbocycles. The zero-order valence-electron chi connectivity index (χ0n) is 18.1. The lowest BCUT2D eigenvalue weighted by Gasteiger charge is -2.37. The summed E-state index contributed by atoms with van der Waals surface area (Å²) in [5, 5.41) is 11.9. The van der Waals surface area contributed by atoms with Gasteiger partial charge in [-0.15, -0.1) is 0 Å². The quantitative estimate of drug-likeness (QED) is 0.640. The SMILES string of the molecule is CN1[C@H]2C[C@H](OC(=O)Nc3cc(CCCC(=O)O)ccc3-c3ccccc3)C[C@H]1[C@H]1O[C@H]12. The van der Waals surface area contributed by atoms with E-state index in [4.69, 9.17) is 14.6 Å². The molecule has 3 fully saturated rings. The van der Waals surface area contributed by atoms with Gasteiger partial charge in [-0.05, 0) is 37.1 Å². The number of hydrogen-bond donors (Lipinski definition) is 2. The number of nitrogens with zero attached hydrogens (tertiary/aromatic N) is 1. The summed E-state index contributed by atoms with van der Waals surface area (Å²) in [5.41, 5.74) is 3.56. The summed E-state index contributed by atoms with van der Waals surface area (Å²) in [7, 11) is 2.13. The van der Waals surface area contributed by atoms with Crippen molar-refractivity contribution in [2.75, 3.05) is 12.4 Å². The second-order valence-corrected chi connectivity index (χ2v) is 8.98. The molecular formula is C25H28N2O5. The van der Waals surface area contributed by atoms with E-state index in [0.29, 0.717) is 42.8 Å². The van der Waals surface area contributed by atoms with Gasteiger partial charge >= 0.3 is 12.1 Å². The molecule has 0 aromatic heterocycles. The van der Waals surface area contributed by atoms with Crippen molar-refractivity contribution in [3.05, 3.63) is 54.1 Å². The molecular weight excluding hydrogens is 408 g/mol. The number of carboxylic acid groups (broad SMARTS) is 1. The minimum absolute atomic E-state index is 0.114. The van der Waals surface area contributed by atoms with Crippen LogP contribution >= 0.6 is 0 Å². The van der Waals surface area contributed by atoms with E-state index in [1.165, 1.54) is 0 Å². The lowest BCUT2D eigenvalue weighted by atomic mass is 9.99. The Balaban J connectivity index is 1.29. The first-order valence-electron chi connectivity index (χ1n) is 11.2. The number of carboxylic acids is 1. The summed E-state index contributed by atoms with van der Waals surface area (Å²) in [6, 6.07) is 16.4. The minimum Gasteiger partial charge on any atom is -0.481 e. The Morgan fingerprint density at radius 3 is 2.53 bits per heavy atom. The third-order valence-corrected chi connectivity index (χ3v) is 6.91. The molecule has 3 aliphatic rings. The number of benzene rings is 2. The number of morpholine rings is 1. The summed E-state index contributed by atoms with van der Waals surface area (Å²) in [5.74, 6) is -0.803. The van der Waals surface area contributed by atoms with Gasteiger partial charge in [0.15, 0.2) is 0 Å². The van der Waals surface area contributed by atoms with Crippen molar-refractivity contribution in [3.63, 3.8) is 0 Å². The predicted octanol–water partition coefficient (Wildman–Crippen LogP) is 3.92. The molecule has 1 amide bonds. The molecule has 2 aromatic carbocycles. The smallest absolute Gasteiger partial charge is 0.411 e. The Hall–Kier alpha value is -2.90. The van der Waals surface area contributed by atoms with Crippen LogP contribution in [0, 0.1) is 0 Å². The fourth-order valence-corrected chi connectivity index (χ4v) is 5.25. The van der Waals surface area contributed by atoms with Gasteiger partial charge in [-0.1, -0.05) is 42.5 Å². The fourth-order valence-electron chi connectivity index (χ4n) is 5.25. The number of fused-ring (bicyclic) bond motifs is 5. The average molecular weight is 437 g/mol. The Bertz CT molecular complexity index is 993. The van der Waals surface area contributed by atoms with Gasteiger partial charge in [-0.25, -0.2) is 4.79 Å². The zero-order chi connectivity index (χ0) is 22.2. The predicted molar refractivity (Wildman–Crippen MR) is 120 cm³/mol. The number of hydrogen-bond acceptors (Lipinski definition) is 5. The number of aryl methyl sites for hydroxylation is 1. The van der Waals surface area contributed by atoms with E-state index in [2.05, 4.69) is 17.3 Å². The summed E-state index contributed by atoms with van der Waals surface area (Å²) in [6.45, 7) is 0. The number of amides is 1. The molecule has 168 valence electrons. The van der Waals surface area contributed by atoms with Crippen LogP contribution in [0.15, 0.2) is 48.5 Å². The Labute approximate surface area is 187 Å². The standard InChI is InChI=1S/C25H28N2O5/c1-27-20-13-17(14-21(27)24-23(20)32-24)31-25(30)26-19-12-15(6-5-9-22(28)29)10-11-18(19)16-7-3-2-4-8-16/h2-4,7-8,10-12,17,20-21,23-24H,5-6,9,13-14H2,1H3,(H,26,30)(H,28,29)/t17-,20-,21-,23-,24+/m0/s1. The van der Waals surface area contributed by atoms with E-state index in [1.807, 2.05) is 48.5 Å². The molecule has 2 bridgehead atoms. The molecule has 7 heteroatoms. The van der Waals surface area contributed by atoms with Crippen LogP contribution in [0.25, 0.3) is 11.1 Å². The first-order valence-corrected chi connectivity index (χ1v) is 11.2. The van der Waals surface area contributed by atoms with Gasteiger partial charge in [0.2, 0.25) is 0 Å². The highest BCUT2D eigenvalue weighted by molar-refractivity contribution is 5.91. The third kappa shape index (κ3) is 4.23. The van der Waals surface area contributed by atoms with Crippen LogP contribution in [-0.2, 0) is 20.7 Å². The number of rotatable bonds is 7. The molecule has 3 heterocycles. The van der Waals surface area contributed by atoms with Crippen LogP contribution in [0.4, 0.5) is 10.5 Å². The largest absolute Gasteiger partial charge is 0.481 e. The number of anilines is 1. The van der Waals surface area contributed by atoms with Crippen LogP contribution in [0.1, 0.15) is 31.2 Å². The van der Waals surface area contributed by atoms with Crippen molar-refractivity contribution in [1.82, 2.24) is 4.90 Å². The van der Waals surface area contributed by atoms with E-state index >= 15 is 0 Å². The molecule has 5 atom stereocenters. The van der Waals surface area contributed by atoms with Crippen molar-refractivity contribution >= 4 is 17.7 Å². The van der Waals surface area contributed by atoms with Gasteiger partial charge in [0.25, 0.3) is 0 Å². The topological polar surface area (TPSA) is 91.4 Å². The van der Waals surface area contributed by atoms with Crippen molar-refractivity contribution < 1.29 is 24.2 Å². The number of nitrogens with one attached hydrogen (secondary N) is 1. The van der Waals surface area contributed by atoms with Gasteiger partial charge in [0.1, 0.15) is 18.3 Å². The first kappa shape index (κ1) is 21.0. The van der Waals surface area contributed by atoms with Gasteiger partial charge < -0.3 is 14.6 Å². The highest BCUT2D eigenvalue weighted by Gasteiger charge is 2.62. The maximum atomic E-state index is 12.8. The monoisotopic (exact) mass is 436 g/mol. The van der Waals surface area contributed by atoms with Gasteiger partial charge in [-0.2, -0.15) is 0 Å². The lowest BCUT2D eigenvalue weighted by molar-refractivity contribution is -0.137. The lowest BCUT2D eigenvalue weighted by Crippen LogP contribution is -2.48. The third-order valence-electron chi connectivity index (χ3n) is 6.91. The van der Waals surface area contributed by atoms with Gasteiger partial charge in [0, 0.05) is 36.9 Å². The van der Waals surface area contributed by atoms with E-state index in [-0.39, 0.29) is 12.5 Å². The molecule has 3 saturated heterocycles. The van der Waals surface area contributed by atoms with Crippen LogP contribution in [0.3, 0.4) is 0 Å². The normalized spacial score (nSPS) is 28.1. The van der Waals surface area contributed by atoms with Crippen molar-refractivity contribution in [2.45, 2.75) is 62.5 Å².